The third kappa shape index (κ3) is 5.11. The fourth-order valence-corrected chi connectivity index (χ4v) is 2.71. The molecule has 0 saturated heterocycles. The summed E-state index contributed by atoms with van der Waals surface area (Å²) in [5, 5.41) is 4.35. The third-order valence-electron chi connectivity index (χ3n) is 3.92. The van der Waals surface area contributed by atoms with Gasteiger partial charge in [0.15, 0.2) is 11.5 Å². The first-order valence-corrected chi connectivity index (χ1v) is 8.98. The van der Waals surface area contributed by atoms with Gasteiger partial charge in [0.1, 0.15) is 6.61 Å². The SMILES string of the molecule is COc1cc(C=NNC(=O)c2ccccc2Cl)ccc1OCc1ccccc1. The first kappa shape index (κ1) is 19.5. The number of amides is 1. The highest BCUT2D eigenvalue weighted by Gasteiger charge is 2.08. The lowest BCUT2D eigenvalue weighted by molar-refractivity contribution is 0.0955. The lowest BCUT2D eigenvalue weighted by Gasteiger charge is -2.11. The zero-order chi connectivity index (χ0) is 19.8. The molecule has 0 aliphatic heterocycles. The van der Waals surface area contributed by atoms with Crippen molar-refractivity contribution in [2.75, 3.05) is 7.11 Å². The lowest BCUT2D eigenvalue weighted by Crippen LogP contribution is -2.17. The zero-order valence-electron chi connectivity index (χ0n) is 15.3. The number of carbonyl (C=O) groups excluding carboxylic acids is 1. The van der Waals surface area contributed by atoms with E-state index in [0.29, 0.717) is 28.7 Å². The maximum atomic E-state index is 12.1. The minimum Gasteiger partial charge on any atom is -0.493 e. The van der Waals surface area contributed by atoms with Gasteiger partial charge < -0.3 is 9.47 Å². The molecule has 0 spiro atoms. The van der Waals surface area contributed by atoms with Crippen LogP contribution in [0.5, 0.6) is 11.5 Å². The maximum Gasteiger partial charge on any atom is 0.272 e. The summed E-state index contributed by atoms with van der Waals surface area (Å²) >= 11 is 6.00. The molecule has 3 rings (SSSR count). The van der Waals surface area contributed by atoms with Gasteiger partial charge in [-0.15, -0.1) is 0 Å². The number of halogens is 1. The Kier molecular flexibility index (Phi) is 6.65. The molecule has 0 heterocycles. The van der Waals surface area contributed by atoms with Crippen LogP contribution in [-0.4, -0.2) is 19.2 Å². The summed E-state index contributed by atoms with van der Waals surface area (Å²) in [5.41, 5.74) is 4.65. The molecule has 0 unspecified atom stereocenters. The van der Waals surface area contributed by atoms with Crippen molar-refractivity contribution in [1.82, 2.24) is 5.43 Å². The van der Waals surface area contributed by atoms with Crippen LogP contribution in [0.4, 0.5) is 0 Å². The van der Waals surface area contributed by atoms with Gasteiger partial charge in [-0.2, -0.15) is 5.10 Å². The van der Waals surface area contributed by atoms with Crippen molar-refractivity contribution in [1.29, 1.82) is 0 Å². The summed E-state index contributed by atoms with van der Waals surface area (Å²) in [6.45, 7) is 0.443. The third-order valence-corrected chi connectivity index (χ3v) is 4.25. The molecule has 28 heavy (non-hydrogen) atoms. The number of rotatable bonds is 7. The van der Waals surface area contributed by atoms with Crippen molar-refractivity contribution in [3.63, 3.8) is 0 Å². The van der Waals surface area contributed by atoms with Crippen LogP contribution in [0.1, 0.15) is 21.5 Å². The highest BCUT2D eigenvalue weighted by Crippen LogP contribution is 2.28. The number of nitrogens with one attached hydrogen (secondary N) is 1. The summed E-state index contributed by atoms with van der Waals surface area (Å²) in [6.07, 6.45) is 1.53. The van der Waals surface area contributed by atoms with Crippen LogP contribution in [0.15, 0.2) is 77.9 Å². The molecule has 1 amide bonds. The van der Waals surface area contributed by atoms with E-state index >= 15 is 0 Å². The fraction of sp³-hybridized carbons (Fsp3) is 0.0909. The Morgan fingerprint density at radius 1 is 1.04 bits per heavy atom. The van der Waals surface area contributed by atoms with Crippen LogP contribution in [0.2, 0.25) is 5.02 Å². The summed E-state index contributed by atoms with van der Waals surface area (Å²) < 4.78 is 11.2. The van der Waals surface area contributed by atoms with Gasteiger partial charge in [-0.3, -0.25) is 4.79 Å². The summed E-state index contributed by atoms with van der Waals surface area (Å²) in [4.78, 5) is 12.1. The molecule has 5 nitrogen and oxygen atoms in total. The van der Waals surface area contributed by atoms with Crippen LogP contribution in [0.25, 0.3) is 0 Å². The van der Waals surface area contributed by atoms with E-state index in [1.807, 2.05) is 36.4 Å². The molecular weight excluding hydrogens is 376 g/mol. The van der Waals surface area contributed by atoms with Crippen molar-refractivity contribution in [3.8, 4) is 11.5 Å². The number of ether oxygens (including phenoxy) is 2. The van der Waals surface area contributed by atoms with E-state index in [2.05, 4.69) is 10.5 Å². The molecule has 0 radical (unpaired) electrons. The minimum atomic E-state index is -0.378. The number of hydrogen-bond donors (Lipinski definition) is 1. The zero-order valence-corrected chi connectivity index (χ0v) is 16.0. The van der Waals surface area contributed by atoms with Gasteiger partial charge in [-0.25, -0.2) is 5.43 Å². The average molecular weight is 395 g/mol. The van der Waals surface area contributed by atoms with E-state index in [1.165, 1.54) is 6.21 Å². The number of hydrogen-bond acceptors (Lipinski definition) is 4. The van der Waals surface area contributed by atoms with Crippen LogP contribution in [0, 0.1) is 0 Å². The van der Waals surface area contributed by atoms with Crippen molar-refractivity contribution in [2.24, 2.45) is 5.10 Å². The van der Waals surface area contributed by atoms with E-state index < -0.39 is 0 Å². The molecule has 0 aliphatic rings. The maximum absolute atomic E-state index is 12.1. The molecule has 1 N–H and O–H groups in total. The van der Waals surface area contributed by atoms with Gasteiger partial charge in [0.2, 0.25) is 0 Å². The van der Waals surface area contributed by atoms with Crippen molar-refractivity contribution >= 4 is 23.7 Å². The average Bonchev–Trinajstić information content (AvgIpc) is 2.73. The Labute approximate surface area is 168 Å². The molecule has 0 aliphatic carbocycles. The minimum absolute atomic E-state index is 0.364. The van der Waals surface area contributed by atoms with Gasteiger partial charge in [0.05, 0.1) is 23.9 Å². The van der Waals surface area contributed by atoms with Crippen molar-refractivity contribution < 1.29 is 14.3 Å². The standard InChI is InChI=1S/C22H19ClN2O3/c1-27-21-13-17(11-12-20(21)28-15-16-7-3-2-4-8-16)14-24-25-22(26)18-9-5-6-10-19(18)23/h2-14H,15H2,1H3,(H,25,26). The quantitative estimate of drug-likeness (QED) is 0.467. The highest BCUT2D eigenvalue weighted by molar-refractivity contribution is 6.33. The Morgan fingerprint density at radius 3 is 2.54 bits per heavy atom. The van der Waals surface area contributed by atoms with Crippen molar-refractivity contribution in [2.45, 2.75) is 6.61 Å². The Bertz CT molecular complexity index is 975. The van der Waals surface area contributed by atoms with E-state index in [4.69, 9.17) is 21.1 Å². The van der Waals surface area contributed by atoms with Crippen LogP contribution < -0.4 is 14.9 Å². The van der Waals surface area contributed by atoms with Crippen LogP contribution in [0.3, 0.4) is 0 Å². The van der Waals surface area contributed by atoms with Gasteiger partial charge >= 0.3 is 0 Å². The lowest BCUT2D eigenvalue weighted by atomic mass is 10.2. The van der Waals surface area contributed by atoms with E-state index in [0.717, 1.165) is 11.1 Å². The van der Waals surface area contributed by atoms with Crippen molar-refractivity contribution in [3.05, 3.63) is 94.5 Å². The van der Waals surface area contributed by atoms with Gasteiger partial charge in [-0.1, -0.05) is 54.1 Å². The molecule has 0 aromatic heterocycles. The van der Waals surface area contributed by atoms with E-state index in [1.54, 1.807) is 43.5 Å². The molecule has 3 aromatic carbocycles. The van der Waals surface area contributed by atoms with E-state index in [-0.39, 0.29) is 5.91 Å². The molecule has 0 bridgehead atoms. The topological polar surface area (TPSA) is 59.9 Å². The molecular formula is C22H19ClN2O3. The second-order valence-corrected chi connectivity index (χ2v) is 6.27. The summed E-state index contributed by atoms with van der Waals surface area (Å²) in [6, 6.07) is 22.1. The number of hydrazone groups is 1. The normalized spacial score (nSPS) is 10.6. The first-order valence-electron chi connectivity index (χ1n) is 8.60. The Balaban J connectivity index is 1.63. The number of nitrogens with zero attached hydrogens (tertiary/aromatic N) is 1. The molecule has 0 fully saturated rings. The molecule has 0 saturated carbocycles. The number of benzene rings is 3. The number of carbonyl (C=O) groups is 1. The second kappa shape index (κ2) is 9.58. The fourth-order valence-electron chi connectivity index (χ4n) is 2.49. The Morgan fingerprint density at radius 2 is 1.79 bits per heavy atom. The Hall–Kier alpha value is -3.31. The molecule has 0 atom stereocenters. The van der Waals surface area contributed by atoms with Crippen LogP contribution in [-0.2, 0) is 6.61 Å². The second-order valence-electron chi connectivity index (χ2n) is 5.86. The largest absolute Gasteiger partial charge is 0.493 e. The van der Waals surface area contributed by atoms with Gasteiger partial charge in [-0.05, 0) is 41.5 Å². The number of methoxy groups -OCH3 is 1. The van der Waals surface area contributed by atoms with Crippen LogP contribution >= 0.6 is 11.6 Å². The predicted octanol–water partition coefficient (Wildman–Crippen LogP) is 4.69. The smallest absolute Gasteiger partial charge is 0.272 e. The monoisotopic (exact) mass is 394 g/mol. The summed E-state index contributed by atoms with van der Waals surface area (Å²) in [5.74, 6) is 0.831. The highest BCUT2D eigenvalue weighted by atomic mass is 35.5. The first-order chi connectivity index (χ1) is 13.7. The van der Waals surface area contributed by atoms with E-state index in [9.17, 15) is 4.79 Å². The van der Waals surface area contributed by atoms with Gasteiger partial charge in [0.25, 0.3) is 5.91 Å². The molecule has 142 valence electrons. The predicted molar refractivity (Wildman–Crippen MR) is 110 cm³/mol. The summed E-state index contributed by atoms with van der Waals surface area (Å²) in [7, 11) is 1.57. The van der Waals surface area contributed by atoms with Gasteiger partial charge in [0, 0.05) is 0 Å². The molecule has 3 aromatic rings. The molecule has 6 heteroatoms.